The minimum atomic E-state index is -1.67. The number of hydrogen-bond acceptors (Lipinski definition) is 12. The van der Waals surface area contributed by atoms with E-state index in [9.17, 15) is 35.1 Å². The number of fused-ring (bicyclic) bond motifs is 1. The largest absolute Gasteiger partial charge is 0.508 e. The molecule has 0 aromatic heterocycles. The van der Waals surface area contributed by atoms with E-state index in [1.807, 2.05) is 6.92 Å². The third kappa shape index (κ3) is 4.20. The molecule has 1 aromatic carbocycles. The summed E-state index contributed by atoms with van der Waals surface area (Å²) in [5.74, 6) is -1.44. The Kier molecular flexibility index (Phi) is 7.53. The number of carbonyl (C=O) groups is 2. The summed E-state index contributed by atoms with van der Waals surface area (Å²) in [4.78, 5) is 26.2. The predicted octanol–water partition coefficient (Wildman–Crippen LogP) is 0.0151. The lowest BCUT2D eigenvalue weighted by molar-refractivity contribution is -0.382. The first-order valence-corrected chi connectivity index (χ1v) is 13.3. The fraction of sp³-hybridized carbons (Fsp3) is 0.704. The third-order valence-corrected chi connectivity index (χ3v) is 8.89. The average molecular weight is 553 g/mol. The Labute approximate surface area is 225 Å². The Morgan fingerprint density at radius 1 is 1.13 bits per heavy atom. The lowest BCUT2D eigenvalue weighted by atomic mass is 9.41. The number of hydrogen-bond donors (Lipinski definition) is 5. The van der Waals surface area contributed by atoms with Gasteiger partial charge in [-0.2, -0.15) is 0 Å². The van der Waals surface area contributed by atoms with Crippen LogP contribution in [0.25, 0.3) is 0 Å². The van der Waals surface area contributed by atoms with Crippen LogP contribution in [-0.4, -0.2) is 105 Å². The SMILES string of the molecule is CCCCO[C@H]1O[C@@]2(C)CC(=O)[C@@H]3C[C@]2(O[C@@H]2O[C@H](CO)[C@@H](O)[C@H](O)[C@H]2O)[C@]13COC(=O)c1ccc(O)cc1. The second-order valence-electron chi connectivity index (χ2n) is 11.1. The number of phenols is 1. The van der Waals surface area contributed by atoms with E-state index in [2.05, 4.69) is 0 Å². The van der Waals surface area contributed by atoms with Crippen LogP contribution in [0.4, 0.5) is 0 Å². The first-order chi connectivity index (χ1) is 18.5. The van der Waals surface area contributed by atoms with Gasteiger partial charge in [0.15, 0.2) is 12.6 Å². The van der Waals surface area contributed by atoms with Crippen LogP contribution < -0.4 is 0 Å². The fourth-order valence-corrected chi connectivity index (χ4v) is 6.66. The lowest BCUT2D eigenvalue weighted by Crippen LogP contribution is -2.80. The Morgan fingerprint density at radius 2 is 1.85 bits per heavy atom. The van der Waals surface area contributed by atoms with E-state index in [0.29, 0.717) is 6.61 Å². The summed E-state index contributed by atoms with van der Waals surface area (Å²) in [5, 5.41) is 50.5. The monoisotopic (exact) mass is 552 g/mol. The first kappa shape index (κ1) is 28.4. The maximum Gasteiger partial charge on any atom is 0.338 e. The van der Waals surface area contributed by atoms with Gasteiger partial charge in [0.2, 0.25) is 0 Å². The Bertz CT molecular complexity index is 1080. The summed E-state index contributed by atoms with van der Waals surface area (Å²) in [7, 11) is 0. The van der Waals surface area contributed by atoms with Crippen LogP contribution in [0.3, 0.4) is 0 Å². The number of aliphatic hydroxyl groups excluding tert-OH is 4. The number of rotatable bonds is 10. The van der Waals surface area contributed by atoms with E-state index in [-0.39, 0.29) is 36.5 Å². The summed E-state index contributed by atoms with van der Waals surface area (Å²) in [6.45, 7) is 3.07. The summed E-state index contributed by atoms with van der Waals surface area (Å²) in [5.41, 5.74) is -3.69. The van der Waals surface area contributed by atoms with Crippen molar-refractivity contribution in [3.8, 4) is 5.75 Å². The molecule has 3 saturated carbocycles. The van der Waals surface area contributed by atoms with Gasteiger partial charge in [-0.05, 0) is 44.0 Å². The molecule has 5 fully saturated rings. The number of ketones is 1. The van der Waals surface area contributed by atoms with Crippen molar-refractivity contribution in [2.45, 2.75) is 87.7 Å². The summed E-state index contributed by atoms with van der Waals surface area (Å²) >= 11 is 0. The number of unbranched alkanes of at least 4 members (excludes halogenated alkanes) is 1. The standard InChI is InChI=1S/C27H36O12/c1-3-4-9-35-24-26(13-36-22(34)14-5-7-15(29)8-6-14)16-10-27(26,25(2,39-24)11-17(16)30)38-23-21(33)20(32)19(31)18(12-28)37-23/h5-8,16,18-21,23-24,28-29,31-33H,3-4,9-13H2,1-2H3/t16-,18+,19+,20-,21+,23-,24-,25-,26-,27+/m0/s1. The van der Waals surface area contributed by atoms with Gasteiger partial charge in [0.05, 0.1) is 17.6 Å². The molecule has 5 aliphatic rings. The van der Waals surface area contributed by atoms with Crippen LogP contribution in [0, 0.1) is 11.3 Å². The van der Waals surface area contributed by atoms with Crippen molar-refractivity contribution < 1.29 is 58.8 Å². The van der Waals surface area contributed by atoms with Crippen molar-refractivity contribution in [1.82, 2.24) is 0 Å². The number of esters is 1. The molecule has 0 amide bonds. The quantitative estimate of drug-likeness (QED) is 0.194. The van der Waals surface area contributed by atoms with E-state index in [1.165, 1.54) is 24.3 Å². The molecule has 4 bridgehead atoms. The van der Waals surface area contributed by atoms with E-state index in [4.69, 9.17) is 23.7 Å². The van der Waals surface area contributed by atoms with Gasteiger partial charge in [-0.25, -0.2) is 4.79 Å². The summed E-state index contributed by atoms with van der Waals surface area (Å²) in [6, 6.07) is 5.53. The highest BCUT2D eigenvalue weighted by molar-refractivity contribution is 5.90. The van der Waals surface area contributed by atoms with Crippen molar-refractivity contribution in [3.05, 3.63) is 29.8 Å². The molecule has 1 aromatic rings. The van der Waals surface area contributed by atoms with Crippen LogP contribution in [0.1, 0.15) is 49.9 Å². The minimum absolute atomic E-state index is 0.0134. The Morgan fingerprint density at radius 3 is 2.51 bits per heavy atom. The van der Waals surface area contributed by atoms with Gasteiger partial charge < -0.3 is 49.2 Å². The van der Waals surface area contributed by atoms with Crippen molar-refractivity contribution in [2.75, 3.05) is 19.8 Å². The Hall–Kier alpha value is -2.16. The van der Waals surface area contributed by atoms with Gasteiger partial charge in [0, 0.05) is 18.9 Å². The van der Waals surface area contributed by atoms with Crippen molar-refractivity contribution in [2.24, 2.45) is 11.3 Å². The molecular weight excluding hydrogens is 516 g/mol. The van der Waals surface area contributed by atoms with Crippen LogP contribution in [0.2, 0.25) is 0 Å². The van der Waals surface area contributed by atoms with Crippen molar-refractivity contribution >= 4 is 11.8 Å². The smallest absolute Gasteiger partial charge is 0.338 e. The number of benzene rings is 1. The second kappa shape index (κ2) is 10.3. The summed E-state index contributed by atoms with van der Waals surface area (Å²) in [6.07, 6.45) is -6.86. The van der Waals surface area contributed by atoms with Gasteiger partial charge in [-0.1, -0.05) is 13.3 Å². The Balaban J connectivity index is 1.49. The molecule has 12 heteroatoms. The van der Waals surface area contributed by atoms with Gasteiger partial charge in [-0.15, -0.1) is 0 Å². The molecule has 39 heavy (non-hydrogen) atoms. The third-order valence-electron chi connectivity index (χ3n) is 8.89. The van der Waals surface area contributed by atoms with Crippen molar-refractivity contribution in [1.29, 1.82) is 0 Å². The summed E-state index contributed by atoms with van der Waals surface area (Å²) < 4.78 is 30.4. The maximum atomic E-state index is 13.3. The molecule has 0 radical (unpaired) electrons. The number of Topliss-reactive ketones (excluding diaryl/α,β-unsaturated/α-hetero) is 1. The molecule has 6 rings (SSSR count). The molecular formula is C27H36O12. The lowest BCUT2D eigenvalue weighted by Gasteiger charge is -2.66. The van der Waals surface area contributed by atoms with Crippen LogP contribution in [0.5, 0.6) is 5.75 Å². The molecule has 3 aliphatic carbocycles. The number of aliphatic hydroxyl groups is 4. The highest BCUT2D eigenvalue weighted by Crippen LogP contribution is 2.74. The average Bonchev–Trinajstić information content (AvgIpc) is 2.98. The highest BCUT2D eigenvalue weighted by Gasteiger charge is 2.87. The van der Waals surface area contributed by atoms with E-state index in [0.717, 1.165) is 12.8 Å². The fourth-order valence-electron chi connectivity index (χ4n) is 6.66. The van der Waals surface area contributed by atoms with E-state index in [1.54, 1.807) is 6.92 Å². The van der Waals surface area contributed by atoms with Crippen LogP contribution in [-0.2, 0) is 28.5 Å². The topological polar surface area (TPSA) is 181 Å². The van der Waals surface area contributed by atoms with E-state index >= 15 is 0 Å². The van der Waals surface area contributed by atoms with Gasteiger partial charge in [0.1, 0.15) is 53.8 Å². The minimum Gasteiger partial charge on any atom is -0.508 e. The van der Waals surface area contributed by atoms with E-state index < -0.39 is 72.1 Å². The number of phenolic OH excluding ortho intramolecular Hbond substituents is 1. The molecule has 2 saturated heterocycles. The molecule has 10 atom stereocenters. The molecule has 2 heterocycles. The zero-order chi connectivity index (χ0) is 28.2. The molecule has 5 N–H and O–H groups in total. The normalized spacial score (nSPS) is 42.7. The molecule has 12 nitrogen and oxygen atoms in total. The number of aromatic hydroxyl groups is 1. The molecule has 216 valence electrons. The van der Waals surface area contributed by atoms with Gasteiger partial charge in [0.25, 0.3) is 0 Å². The zero-order valence-electron chi connectivity index (χ0n) is 21.9. The molecule has 2 aliphatic heterocycles. The number of ether oxygens (including phenoxy) is 5. The zero-order valence-corrected chi connectivity index (χ0v) is 21.9. The maximum absolute atomic E-state index is 13.3. The second-order valence-corrected chi connectivity index (χ2v) is 11.1. The van der Waals surface area contributed by atoms with Gasteiger partial charge >= 0.3 is 5.97 Å². The molecule has 0 spiro atoms. The van der Waals surface area contributed by atoms with Crippen LogP contribution in [0.15, 0.2) is 24.3 Å². The predicted molar refractivity (Wildman–Crippen MR) is 130 cm³/mol. The highest BCUT2D eigenvalue weighted by atomic mass is 16.8. The first-order valence-electron chi connectivity index (χ1n) is 13.3. The molecule has 0 unspecified atom stereocenters. The van der Waals surface area contributed by atoms with Gasteiger partial charge in [-0.3, -0.25) is 4.79 Å². The number of carbonyl (C=O) groups excluding carboxylic acids is 2. The van der Waals surface area contributed by atoms with Crippen LogP contribution >= 0.6 is 0 Å². The van der Waals surface area contributed by atoms with Crippen molar-refractivity contribution in [3.63, 3.8) is 0 Å².